The summed E-state index contributed by atoms with van der Waals surface area (Å²) in [4.78, 5) is 12.5. The van der Waals surface area contributed by atoms with Gasteiger partial charge in [-0.15, -0.1) is 0 Å². The van der Waals surface area contributed by atoms with Gasteiger partial charge in [-0.05, 0) is 67.3 Å². The summed E-state index contributed by atoms with van der Waals surface area (Å²) in [6, 6.07) is 25.1. The van der Waals surface area contributed by atoms with Gasteiger partial charge in [0.05, 0.1) is 13.2 Å². The van der Waals surface area contributed by atoms with Crippen molar-refractivity contribution in [2.75, 3.05) is 18.5 Å². The second-order valence-electron chi connectivity index (χ2n) is 6.79. The molecular formula is C25H27NO3. The Morgan fingerprint density at radius 2 is 1.59 bits per heavy atom. The summed E-state index contributed by atoms with van der Waals surface area (Å²) in [5.41, 5.74) is 2.62. The molecule has 0 aliphatic carbocycles. The lowest BCUT2D eigenvalue weighted by atomic mass is 10.1. The zero-order chi connectivity index (χ0) is 20.3. The van der Waals surface area contributed by atoms with Crippen molar-refractivity contribution in [3.63, 3.8) is 0 Å². The number of benzene rings is 3. The molecule has 29 heavy (non-hydrogen) atoms. The maximum atomic E-state index is 12.5. The first-order valence-corrected chi connectivity index (χ1v) is 10.1. The van der Waals surface area contributed by atoms with Gasteiger partial charge < -0.3 is 14.8 Å². The van der Waals surface area contributed by atoms with Gasteiger partial charge in [-0.1, -0.05) is 43.3 Å². The number of hydrogen-bond donors (Lipinski definition) is 1. The Labute approximate surface area is 172 Å². The SMILES string of the molecule is CCCOc1cccc(C(=O)Nc2ccc(OCCCc3ccccc3)cc2)c1. The summed E-state index contributed by atoms with van der Waals surface area (Å²) in [5, 5.41) is 2.91. The summed E-state index contributed by atoms with van der Waals surface area (Å²) in [6.07, 6.45) is 2.88. The molecule has 0 fully saturated rings. The van der Waals surface area contributed by atoms with Crippen LogP contribution in [0.15, 0.2) is 78.9 Å². The van der Waals surface area contributed by atoms with Crippen molar-refractivity contribution >= 4 is 11.6 Å². The van der Waals surface area contributed by atoms with Crippen LogP contribution < -0.4 is 14.8 Å². The molecule has 0 aliphatic heterocycles. The van der Waals surface area contributed by atoms with E-state index in [-0.39, 0.29) is 5.91 Å². The normalized spacial score (nSPS) is 10.4. The van der Waals surface area contributed by atoms with Crippen LogP contribution in [0.3, 0.4) is 0 Å². The highest BCUT2D eigenvalue weighted by Gasteiger charge is 2.07. The third kappa shape index (κ3) is 6.68. The molecule has 3 aromatic carbocycles. The molecule has 0 heterocycles. The highest BCUT2D eigenvalue weighted by Crippen LogP contribution is 2.19. The molecule has 0 bridgehead atoms. The second-order valence-corrected chi connectivity index (χ2v) is 6.79. The molecule has 4 nitrogen and oxygen atoms in total. The Kier molecular flexibility index (Phi) is 7.70. The number of anilines is 1. The lowest BCUT2D eigenvalue weighted by Crippen LogP contribution is -2.12. The molecule has 0 spiro atoms. The molecule has 3 rings (SSSR count). The first kappa shape index (κ1) is 20.5. The van der Waals surface area contributed by atoms with Gasteiger partial charge in [0.1, 0.15) is 11.5 Å². The molecule has 0 atom stereocenters. The molecule has 0 radical (unpaired) electrons. The van der Waals surface area contributed by atoms with Gasteiger partial charge in [0, 0.05) is 11.3 Å². The maximum absolute atomic E-state index is 12.5. The summed E-state index contributed by atoms with van der Waals surface area (Å²) in [5.74, 6) is 1.34. The van der Waals surface area contributed by atoms with E-state index in [1.165, 1.54) is 5.56 Å². The van der Waals surface area contributed by atoms with Crippen molar-refractivity contribution in [2.24, 2.45) is 0 Å². The number of nitrogens with one attached hydrogen (secondary N) is 1. The number of rotatable bonds is 10. The largest absolute Gasteiger partial charge is 0.494 e. The van der Waals surface area contributed by atoms with Crippen LogP contribution in [-0.2, 0) is 6.42 Å². The second kappa shape index (κ2) is 10.9. The van der Waals surface area contributed by atoms with E-state index in [1.54, 1.807) is 12.1 Å². The number of amides is 1. The van der Waals surface area contributed by atoms with Gasteiger partial charge in [0.15, 0.2) is 0 Å². The third-order valence-corrected chi connectivity index (χ3v) is 4.40. The smallest absolute Gasteiger partial charge is 0.255 e. The zero-order valence-electron chi connectivity index (χ0n) is 16.8. The minimum atomic E-state index is -0.163. The van der Waals surface area contributed by atoms with Crippen LogP contribution >= 0.6 is 0 Å². The minimum absolute atomic E-state index is 0.163. The predicted octanol–water partition coefficient (Wildman–Crippen LogP) is 5.74. The molecule has 0 aromatic heterocycles. The van der Waals surface area contributed by atoms with Crippen molar-refractivity contribution in [1.82, 2.24) is 0 Å². The van der Waals surface area contributed by atoms with Crippen molar-refractivity contribution in [1.29, 1.82) is 0 Å². The first-order valence-electron chi connectivity index (χ1n) is 10.1. The fourth-order valence-corrected chi connectivity index (χ4v) is 2.90. The lowest BCUT2D eigenvalue weighted by Gasteiger charge is -2.10. The van der Waals surface area contributed by atoms with Gasteiger partial charge in [-0.25, -0.2) is 0 Å². The fourth-order valence-electron chi connectivity index (χ4n) is 2.90. The van der Waals surface area contributed by atoms with Gasteiger partial charge in [0.25, 0.3) is 5.91 Å². The van der Waals surface area contributed by atoms with E-state index in [0.717, 1.165) is 30.7 Å². The Hall–Kier alpha value is -3.27. The average molecular weight is 389 g/mol. The molecular weight excluding hydrogens is 362 g/mol. The van der Waals surface area contributed by atoms with Crippen LogP contribution in [0, 0.1) is 0 Å². The molecule has 0 unspecified atom stereocenters. The number of ether oxygens (including phenoxy) is 2. The highest BCUT2D eigenvalue weighted by atomic mass is 16.5. The monoisotopic (exact) mass is 389 g/mol. The number of carbonyl (C=O) groups excluding carboxylic acids is 1. The van der Waals surface area contributed by atoms with Gasteiger partial charge in [-0.3, -0.25) is 4.79 Å². The topological polar surface area (TPSA) is 47.6 Å². The van der Waals surface area contributed by atoms with Crippen LogP contribution in [0.4, 0.5) is 5.69 Å². The molecule has 0 aliphatic rings. The Morgan fingerprint density at radius 3 is 2.34 bits per heavy atom. The van der Waals surface area contributed by atoms with Crippen LogP contribution in [-0.4, -0.2) is 19.1 Å². The van der Waals surface area contributed by atoms with E-state index in [9.17, 15) is 4.79 Å². The van der Waals surface area contributed by atoms with Gasteiger partial charge in [0.2, 0.25) is 0 Å². The molecule has 0 saturated heterocycles. The van der Waals surface area contributed by atoms with Crippen molar-refractivity contribution in [3.8, 4) is 11.5 Å². The van der Waals surface area contributed by atoms with Crippen LogP contribution in [0.25, 0.3) is 0 Å². The van der Waals surface area contributed by atoms with E-state index < -0.39 is 0 Å². The highest BCUT2D eigenvalue weighted by molar-refractivity contribution is 6.04. The summed E-state index contributed by atoms with van der Waals surface area (Å²) >= 11 is 0. The fraction of sp³-hybridized carbons (Fsp3) is 0.240. The number of hydrogen-bond acceptors (Lipinski definition) is 3. The third-order valence-electron chi connectivity index (χ3n) is 4.40. The number of aryl methyl sites for hydroxylation is 1. The first-order chi connectivity index (χ1) is 14.2. The molecule has 0 saturated carbocycles. The predicted molar refractivity (Wildman–Crippen MR) is 117 cm³/mol. The number of carbonyl (C=O) groups is 1. The van der Waals surface area contributed by atoms with E-state index >= 15 is 0 Å². The van der Waals surface area contributed by atoms with Crippen LogP contribution in [0.5, 0.6) is 11.5 Å². The molecule has 3 aromatic rings. The Balaban J connectivity index is 1.46. The zero-order valence-corrected chi connectivity index (χ0v) is 16.8. The minimum Gasteiger partial charge on any atom is -0.494 e. The van der Waals surface area contributed by atoms with Gasteiger partial charge in [-0.2, -0.15) is 0 Å². The standard InChI is InChI=1S/C25H27NO3/c1-2-17-28-24-12-6-11-21(19-24)25(27)26-22-13-15-23(16-14-22)29-18-7-10-20-8-4-3-5-9-20/h3-6,8-9,11-16,19H,2,7,10,17-18H2,1H3,(H,26,27). The molecule has 150 valence electrons. The molecule has 1 amide bonds. The lowest BCUT2D eigenvalue weighted by molar-refractivity contribution is 0.102. The van der Waals surface area contributed by atoms with Crippen molar-refractivity contribution in [3.05, 3.63) is 90.0 Å². The summed E-state index contributed by atoms with van der Waals surface area (Å²) in [6.45, 7) is 3.34. The molecule has 4 heteroatoms. The Morgan fingerprint density at radius 1 is 0.828 bits per heavy atom. The van der Waals surface area contributed by atoms with Crippen molar-refractivity contribution in [2.45, 2.75) is 26.2 Å². The average Bonchev–Trinajstić information content (AvgIpc) is 2.77. The molecule has 1 N–H and O–H groups in total. The van der Waals surface area contributed by atoms with Crippen LogP contribution in [0.2, 0.25) is 0 Å². The van der Waals surface area contributed by atoms with Crippen molar-refractivity contribution < 1.29 is 14.3 Å². The summed E-state index contributed by atoms with van der Waals surface area (Å²) < 4.78 is 11.4. The van der Waals surface area contributed by atoms with E-state index in [4.69, 9.17) is 9.47 Å². The quantitative estimate of drug-likeness (QED) is 0.450. The maximum Gasteiger partial charge on any atom is 0.255 e. The van der Waals surface area contributed by atoms with E-state index in [1.807, 2.05) is 49.4 Å². The van der Waals surface area contributed by atoms with Crippen LogP contribution in [0.1, 0.15) is 35.7 Å². The van der Waals surface area contributed by atoms with E-state index in [0.29, 0.717) is 24.5 Å². The Bertz CT molecular complexity index is 891. The summed E-state index contributed by atoms with van der Waals surface area (Å²) in [7, 11) is 0. The van der Waals surface area contributed by atoms with Gasteiger partial charge >= 0.3 is 0 Å². The van der Waals surface area contributed by atoms with E-state index in [2.05, 4.69) is 29.6 Å².